The van der Waals surface area contributed by atoms with E-state index in [0.717, 1.165) is 6.32 Å². The molecule has 0 saturated carbocycles. The van der Waals surface area contributed by atoms with E-state index in [1.54, 1.807) is 7.11 Å². The summed E-state index contributed by atoms with van der Waals surface area (Å²) >= 11 is 0. The molecule has 0 rings (SSSR count). The van der Waals surface area contributed by atoms with Gasteiger partial charge in [0.15, 0.2) is 0 Å². The van der Waals surface area contributed by atoms with Crippen LogP contribution in [0, 0.1) is 0 Å². The lowest BCUT2D eigenvalue weighted by molar-refractivity contribution is 0.0921. The normalized spacial score (nSPS) is 11.7. The molecule has 0 spiro atoms. The summed E-state index contributed by atoms with van der Waals surface area (Å²) in [6.07, 6.45) is 0.897. The van der Waals surface area contributed by atoms with Gasteiger partial charge >= 0.3 is 7.12 Å². The van der Waals surface area contributed by atoms with Crippen molar-refractivity contribution in [3.63, 3.8) is 0 Å². The fraction of sp³-hybridized carbons (Fsp3) is 1.00. The van der Waals surface area contributed by atoms with Crippen LogP contribution in [0.5, 0.6) is 0 Å². The topological polar surface area (TPSA) is 18.5 Å². The molecular weight excluding hydrogens is 127 g/mol. The second-order valence-electron chi connectivity index (χ2n) is 3.30. The van der Waals surface area contributed by atoms with Crippen molar-refractivity contribution in [3.05, 3.63) is 0 Å². The highest BCUT2D eigenvalue weighted by Crippen LogP contribution is 2.10. The minimum atomic E-state index is -0.101. The Hall–Kier alpha value is -0.0151. The summed E-state index contributed by atoms with van der Waals surface area (Å²) in [7, 11) is 1.61. The summed E-state index contributed by atoms with van der Waals surface area (Å²) in [6.45, 7) is 8.11. The molecule has 3 heteroatoms. The number of rotatable bonds is 3. The number of hydrogen-bond donors (Lipinski definition) is 0. The van der Waals surface area contributed by atoms with E-state index >= 15 is 0 Å². The molecule has 10 heavy (non-hydrogen) atoms. The highest BCUT2D eigenvalue weighted by Gasteiger charge is 2.21. The third-order valence-electron chi connectivity index (χ3n) is 1.08. The Bertz CT molecular complexity index is 84.1. The lowest BCUT2D eigenvalue weighted by Gasteiger charge is -2.23. The van der Waals surface area contributed by atoms with Crippen LogP contribution >= 0.6 is 0 Å². The summed E-state index contributed by atoms with van der Waals surface area (Å²) < 4.78 is 10.6. The zero-order valence-corrected chi connectivity index (χ0v) is 7.60. The van der Waals surface area contributed by atoms with Gasteiger partial charge < -0.3 is 9.31 Å². The van der Waals surface area contributed by atoms with Crippen molar-refractivity contribution in [2.45, 2.75) is 39.6 Å². The van der Waals surface area contributed by atoms with Gasteiger partial charge in [0.25, 0.3) is 0 Å². The molecule has 0 aliphatic carbocycles. The van der Waals surface area contributed by atoms with Gasteiger partial charge in [-0.25, -0.2) is 0 Å². The van der Waals surface area contributed by atoms with Crippen molar-refractivity contribution in [3.8, 4) is 0 Å². The summed E-state index contributed by atoms with van der Waals surface area (Å²) in [5.74, 6) is 0. The Morgan fingerprint density at radius 2 is 1.80 bits per heavy atom. The highest BCUT2D eigenvalue weighted by molar-refractivity contribution is 6.44. The van der Waals surface area contributed by atoms with Crippen LogP contribution in [0.2, 0.25) is 6.32 Å². The maximum Gasteiger partial charge on any atom is 0.456 e. The molecule has 0 radical (unpaired) electrons. The second kappa shape index (κ2) is 3.99. The van der Waals surface area contributed by atoms with Crippen molar-refractivity contribution in [1.82, 2.24) is 0 Å². The third-order valence-corrected chi connectivity index (χ3v) is 1.08. The van der Waals surface area contributed by atoms with Gasteiger partial charge in [-0.2, -0.15) is 0 Å². The van der Waals surface area contributed by atoms with Gasteiger partial charge in [0.05, 0.1) is 0 Å². The van der Waals surface area contributed by atoms with Crippen molar-refractivity contribution in [2.24, 2.45) is 0 Å². The van der Waals surface area contributed by atoms with Crippen LogP contribution in [0.3, 0.4) is 0 Å². The first-order valence-electron chi connectivity index (χ1n) is 3.70. The van der Waals surface area contributed by atoms with Gasteiger partial charge in [0.2, 0.25) is 0 Å². The van der Waals surface area contributed by atoms with E-state index in [1.165, 1.54) is 0 Å². The smallest absolute Gasteiger partial charge is 0.414 e. The molecule has 0 atom stereocenters. The zero-order valence-electron chi connectivity index (χ0n) is 7.60. The summed E-state index contributed by atoms with van der Waals surface area (Å²) in [5.41, 5.74) is -0.101. The highest BCUT2D eigenvalue weighted by atomic mass is 16.6. The number of hydrogen-bond acceptors (Lipinski definition) is 2. The molecule has 0 bridgehead atoms. The molecule has 0 N–H and O–H groups in total. The standard InChI is InChI=1S/C7H17BO2/c1-6-8(9-5)10-7(2,3)4/h6H2,1-5H3. The summed E-state index contributed by atoms with van der Waals surface area (Å²) in [5, 5.41) is 0. The Balaban J connectivity index is 3.63. The van der Waals surface area contributed by atoms with Gasteiger partial charge in [-0.05, 0) is 27.1 Å². The fourth-order valence-corrected chi connectivity index (χ4v) is 0.692. The Morgan fingerprint density at radius 3 is 1.90 bits per heavy atom. The molecule has 0 aliphatic rings. The van der Waals surface area contributed by atoms with Crippen LogP contribution in [-0.2, 0) is 9.31 Å². The van der Waals surface area contributed by atoms with Gasteiger partial charge in [-0.1, -0.05) is 6.92 Å². The average molecular weight is 144 g/mol. The quantitative estimate of drug-likeness (QED) is 0.563. The monoisotopic (exact) mass is 144 g/mol. The van der Waals surface area contributed by atoms with Crippen molar-refractivity contribution >= 4 is 7.12 Å². The maximum atomic E-state index is 5.51. The molecule has 0 saturated heterocycles. The van der Waals surface area contributed by atoms with E-state index in [0.29, 0.717) is 0 Å². The Labute approximate surface area is 64.0 Å². The van der Waals surface area contributed by atoms with Crippen LogP contribution in [0.15, 0.2) is 0 Å². The van der Waals surface area contributed by atoms with E-state index < -0.39 is 0 Å². The Kier molecular flexibility index (Phi) is 3.98. The summed E-state index contributed by atoms with van der Waals surface area (Å²) in [4.78, 5) is 0. The third kappa shape index (κ3) is 4.83. The molecule has 0 fully saturated rings. The van der Waals surface area contributed by atoms with Crippen LogP contribution < -0.4 is 0 Å². The molecule has 2 nitrogen and oxygen atoms in total. The maximum absolute atomic E-state index is 5.51. The van der Waals surface area contributed by atoms with Crippen molar-refractivity contribution < 1.29 is 9.31 Å². The predicted octanol–water partition coefficient (Wildman–Crippen LogP) is 1.96. The summed E-state index contributed by atoms with van der Waals surface area (Å²) in [6, 6.07) is 0. The second-order valence-corrected chi connectivity index (χ2v) is 3.30. The molecule has 0 aromatic heterocycles. The van der Waals surface area contributed by atoms with Gasteiger partial charge in [-0.15, -0.1) is 0 Å². The lowest BCUT2D eigenvalue weighted by atomic mass is 9.85. The van der Waals surface area contributed by atoms with E-state index in [-0.39, 0.29) is 12.7 Å². The van der Waals surface area contributed by atoms with Crippen molar-refractivity contribution in [1.29, 1.82) is 0 Å². The lowest BCUT2D eigenvalue weighted by Crippen LogP contribution is -2.31. The molecule has 0 aromatic rings. The van der Waals surface area contributed by atoms with Gasteiger partial charge in [0.1, 0.15) is 0 Å². The molecule has 0 unspecified atom stereocenters. The first-order chi connectivity index (χ1) is 4.49. The first-order valence-corrected chi connectivity index (χ1v) is 3.70. The molecule has 0 aromatic carbocycles. The van der Waals surface area contributed by atoms with Crippen LogP contribution in [0.25, 0.3) is 0 Å². The van der Waals surface area contributed by atoms with E-state index in [1.807, 2.05) is 27.7 Å². The SMILES string of the molecule is CCB(OC)OC(C)(C)C. The fourth-order valence-electron chi connectivity index (χ4n) is 0.692. The molecule has 0 heterocycles. The predicted molar refractivity (Wildman–Crippen MR) is 44.1 cm³/mol. The minimum absolute atomic E-state index is 0.0556. The van der Waals surface area contributed by atoms with E-state index in [9.17, 15) is 0 Å². The molecule has 0 amide bonds. The van der Waals surface area contributed by atoms with Gasteiger partial charge in [-0.3, -0.25) is 0 Å². The molecular formula is C7H17BO2. The molecule has 60 valence electrons. The molecule has 0 aliphatic heterocycles. The Morgan fingerprint density at radius 1 is 1.30 bits per heavy atom. The van der Waals surface area contributed by atoms with Crippen LogP contribution in [-0.4, -0.2) is 19.8 Å². The zero-order chi connectivity index (χ0) is 8.20. The van der Waals surface area contributed by atoms with Crippen LogP contribution in [0.4, 0.5) is 0 Å². The van der Waals surface area contributed by atoms with Crippen LogP contribution in [0.1, 0.15) is 27.7 Å². The first kappa shape index (κ1) is 9.98. The minimum Gasteiger partial charge on any atom is -0.414 e. The van der Waals surface area contributed by atoms with Gasteiger partial charge in [0, 0.05) is 12.7 Å². The largest absolute Gasteiger partial charge is 0.456 e. The van der Waals surface area contributed by atoms with E-state index in [2.05, 4.69) is 0 Å². The average Bonchev–Trinajstić information content (AvgIpc) is 1.81. The van der Waals surface area contributed by atoms with Crippen molar-refractivity contribution in [2.75, 3.05) is 7.11 Å². The van der Waals surface area contributed by atoms with E-state index in [4.69, 9.17) is 9.31 Å².